The maximum Gasteiger partial charge on any atom is 0.266 e. The number of hydrogen-bond donors (Lipinski definition) is 1. The number of amides is 1. The Hall–Kier alpha value is -3.26. The van der Waals surface area contributed by atoms with Gasteiger partial charge in [0.2, 0.25) is 0 Å². The van der Waals surface area contributed by atoms with Crippen LogP contribution in [0.1, 0.15) is 19.4 Å². The van der Waals surface area contributed by atoms with Crippen molar-refractivity contribution in [3.63, 3.8) is 0 Å². The molecular weight excluding hydrogens is 316 g/mol. The molecule has 0 aliphatic carbocycles. The monoisotopic (exact) mass is 336 g/mol. The molecule has 0 atom stereocenters. The van der Waals surface area contributed by atoms with Gasteiger partial charge in [0.15, 0.2) is 0 Å². The fourth-order valence-corrected chi connectivity index (χ4v) is 2.13. The number of hydrogen-bond acceptors (Lipinski definition) is 4. The van der Waals surface area contributed by atoms with Crippen molar-refractivity contribution in [1.29, 1.82) is 5.26 Å². The highest BCUT2D eigenvalue weighted by Crippen LogP contribution is 2.20. The summed E-state index contributed by atoms with van der Waals surface area (Å²) in [5.74, 6) is 0.896. The molecular formula is C20H20N2O3. The summed E-state index contributed by atoms with van der Waals surface area (Å²) in [6.45, 7) is 3.85. The molecule has 0 aliphatic rings. The van der Waals surface area contributed by atoms with Crippen LogP contribution < -0.4 is 14.8 Å². The molecule has 1 N–H and O–H groups in total. The molecule has 0 fully saturated rings. The molecule has 0 radical (unpaired) electrons. The minimum absolute atomic E-state index is 0.0142. The molecule has 128 valence electrons. The topological polar surface area (TPSA) is 71.3 Å². The first-order valence-electron chi connectivity index (χ1n) is 7.85. The van der Waals surface area contributed by atoms with Crippen LogP contribution in [0.4, 0.5) is 5.69 Å². The molecule has 0 aliphatic heterocycles. The highest BCUT2D eigenvalue weighted by atomic mass is 16.5. The summed E-state index contributed by atoms with van der Waals surface area (Å²) in [7, 11) is 1.58. The lowest BCUT2D eigenvalue weighted by molar-refractivity contribution is -0.112. The molecule has 5 nitrogen and oxygen atoms in total. The van der Waals surface area contributed by atoms with Crippen LogP contribution >= 0.6 is 0 Å². The molecule has 0 unspecified atom stereocenters. The first kappa shape index (κ1) is 18.1. The Bertz CT molecular complexity index is 802. The number of nitrogens with zero attached hydrogens (tertiary/aromatic N) is 1. The predicted octanol–water partition coefficient (Wildman–Crippen LogP) is 4.03. The van der Waals surface area contributed by atoms with Crippen molar-refractivity contribution in [3.05, 3.63) is 59.7 Å². The van der Waals surface area contributed by atoms with Crippen molar-refractivity contribution < 1.29 is 14.3 Å². The summed E-state index contributed by atoms with van der Waals surface area (Å²) in [5.41, 5.74) is 1.32. The van der Waals surface area contributed by atoms with Crippen molar-refractivity contribution in [2.45, 2.75) is 20.0 Å². The number of carbonyl (C=O) groups excluding carboxylic acids is 1. The average molecular weight is 336 g/mol. The summed E-state index contributed by atoms with van der Waals surface area (Å²) < 4.78 is 10.7. The SMILES string of the molecule is COc1ccc(/C=C(/C#N)C(=O)Nc2cccc(OC(C)C)c2)cc1. The van der Waals surface area contributed by atoms with E-state index in [9.17, 15) is 10.1 Å². The van der Waals surface area contributed by atoms with Gasteiger partial charge in [-0.25, -0.2) is 0 Å². The standard InChI is InChI=1S/C20H20N2O3/c1-14(2)25-19-6-4-5-17(12-19)22-20(23)16(13-21)11-15-7-9-18(24-3)10-8-15/h4-12,14H,1-3H3,(H,22,23)/b16-11-. The third-order valence-electron chi connectivity index (χ3n) is 3.26. The lowest BCUT2D eigenvalue weighted by Gasteiger charge is -2.11. The van der Waals surface area contributed by atoms with Gasteiger partial charge < -0.3 is 14.8 Å². The third kappa shape index (κ3) is 5.40. The van der Waals surface area contributed by atoms with Gasteiger partial charge in [-0.15, -0.1) is 0 Å². The van der Waals surface area contributed by atoms with Crippen molar-refractivity contribution in [2.24, 2.45) is 0 Å². The van der Waals surface area contributed by atoms with Crippen molar-refractivity contribution in [2.75, 3.05) is 12.4 Å². The summed E-state index contributed by atoms with van der Waals surface area (Å²) >= 11 is 0. The van der Waals surface area contributed by atoms with Crippen LogP contribution in [-0.4, -0.2) is 19.1 Å². The molecule has 25 heavy (non-hydrogen) atoms. The Morgan fingerprint density at radius 2 is 1.88 bits per heavy atom. The maximum absolute atomic E-state index is 12.3. The van der Waals surface area contributed by atoms with Crippen LogP contribution in [0.3, 0.4) is 0 Å². The Labute approximate surface area is 147 Å². The van der Waals surface area contributed by atoms with Crippen LogP contribution in [0.15, 0.2) is 54.1 Å². The van der Waals surface area contributed by atoms with E-state index in [-0.39, 0.29) is 11.7 Å². The largest absolute Gasteiger partial charge is 0.497 e. The molecule has 1 amide bonds. The van der Waals surface area contributed by atoms with Gasteiger partial charge in [-0.05, 0) is 49.8 Å². The normalized spacial score (nSPS) is 10.9. The summed E-state index contributed by atoms with van der Waals surface area (Å²) in [6, 6.07) is 16.1. The number of ether oxygens (including phenoxy) is 2. The van der Waals surface area contributed by atoms with Crippen molar-refractivity contribution in [3.8, 4) is 17.6 Å². The van der Waals surface area contributed by atoms with Crippen LogP contribution in [0.2, 0.25) is 0 Å². The first-order valence-corrected chi connectivity index (χ1v) is 7.85. The fraction of sp³-hybridized carbons (Fsp3) is 0.200. The van der Waals surface area contributed by atoms with E-state index in [1.54, 1.807) is 49.6 Å². The lowest BCUT2D eigenvalue weighted by atomic mass is 10.1. The Morgan fingerprint density at radius 1 is 1.16 bits per heavy atom. The molecule has 0 aromatic heterocycles. The van der Waals surface area contributed by atoms with E-state index in [0.29, 0.717) is 17.2 Å². The van der Waals surface area contributed by atoms with Crippen molar-refractivity contribution >= 4 is 17.7 Å². The molecule has 0 heterocycles. The first-order chi connectivity index (χ1) is 12.0. The van der Waals surface area contributed by atoms with Crippen molar-refractivity contribution in [1.82, 2.24) is 0 Å². The number of anilines is 1. The van der Waals surface area contributed by atoms with Gasteiger partial charge >= 0.3 is 0 Å². The Morgan fingerprint density at radius 3 is 2.48 bits per heavy atom. The van der Waals surface area contributed by atoms with Gasteiger partial charge in [0.25, 0.3) is 5.91 Å². The zero-order valence-electron chi connectivity index (χ0n) is 14.4. The molecule has 5 heteroatoms. The van der Waals surface area contributed by atoms with Gasteiger partial charge in [-0.2, -0.15) is 5.26 Å². The number of nitriles is 1. The number of benzene rings is 2. The van der Waals surface area contributed by atoms with Gasteiger partial charge in [0.1, 0.15) is 23.1 Å². The van der Waals surface area contributed by atoms with Crippen LogP contribution in [0, 0.1) is 11.3 Å². The second-order valence-corrected chi connectivity index (χ2v) is 5.59. The minimum atomic E-state index is -0.472. The van der Waals surface area contributed by atoms with Gasteiger partial charge in [-0.1, -0.05) is 18.2 Å². The van der Waals surface area contributed by atoms with E-state index in [4.69, 9.17) is 9.47 Å². The van der Waals surface area contributed by atoms with E-state index < -0.39 is 5.91 Å². The molecule has 2 rings (SSSR count). The second-order valence-electron chi connectivity index (χ2n) is 5.59. The van der Waals surface area contributed by atoms with Gasteiger partial charge in [-0.3, -0.25) is 4.79 Å². The highest BCUT2D eigenvalue weighted by Gasteiger charge is 2.10. The average Bonchev–Trinajstić information content (AvgIpc) is 2.59. The predicted molar refractivity (Wildman–Crippen MR) is 97.4 cm³/mol. The summed E-state index contributed by atoms with van der Waals surface area (Å²) in [6.07, 6.45) is 1.57. The fourth-order valence-electron chi connectivity index (χ4n) is 2.13. The number of nitrogens with one attached hydrogen (secondary N) is 1. The van der Waals surface area contributed by atoms with Gasteiger partial charge in [0.05, 0.1) is 13.2 Å². The number of rotatable bonds is 6. The number of methoxy groups -OCH3 is 1. The van der Waals surface area contributed by atoms with E-state index >= 15 is 0 Å². The van der Waals surface area contributed by atoms with Crippen LogP contribution in [-0.2, 0) is 4.79 Å². The van der Waals surface area contributed by atoms with E-state index in [1.807, 2.05) is 26.0 Å². The zero-order chi connectivity index (χ0) is 18.2. The Kier molecular flexibility index (Phi) is 6.19. The third-order valence-corrected chi connectivity index (χ3v) is 3.26. The molecule has 2 aromatic rings. The molecule has 0 spiro atoms. The number of carbonyl (C=O) groups is 1. The smallest absolute Gasteiger partial charge is 0.266 e. The second kappa shape index (κ2) is 8.55. The quantitative estimate of drug-likeness (QED) is 0.638. The van der Waals surface area contributed by atoms with Gasteiger partial charge in [0, 0.05) is 11.8 Å². The van der Waals surface area contributed by atoms with E-state index in [0.717, 1.165) is 5.56 Å². The summed E-state index contributed by atoms with van der Waals surface area (Å²) in [4.78, 5) is 12.3. The van der Waals surface area contributed by atoms with Crippen LogP contribution in [0.5, 0.6) is 11.5 Å². The van der Waals surface area contributed by atoms with E-state index in [1.165, 1.54) is 6.08 Å². The molecule has 0 saturated heterocycles. The Balaban J connectivity index is 2.14. The summed E-state index contributed by atoms with van der Waals surface area (Å²) in [5, 5.41) is 12.0. The maximum atomic E-state index is 12.3. The highest BCUT2D eigenvalue weighted by molar-refractivity contribution is 6.09. The molecule has 0 saturated carbocycles. The van der Waals surface area contributed by atoms with E-state index in [2.05, 4.69) is 5.32 Å². The minimum Gasteiger partial charge on any atom is -0.497 e. The molecule has 0 bridgehead atoms. The lowest BCUT2D eigenvalue weighted by Crippen LogP contribution is -2.13. The zero-order valence-corrected chi connectivity index (χ0v) is 14.4. The van der Waals surface area contributed by atoms with Crippen LogP contribution in [0.25, 0.3) is 6.08 Å². The molecule has 2 aromatic carbocycles.